The van der Waals surface area contributed by atoms with Crippen LogP contribution in [0.5, 0.6) is 5.75 Å². The van der Waals surface area contributed by atoms with Crippen LogP contribution in [-0.2, 0) is 6.42 Å². The summed E-state index contributed by atoms with van der Waals surface area (Å²) in [5.41, 5.74) is 5.75. The second-order valence-electron chi connectivity index (χ2n) is 4.79. The summed E-state index contributed by atoms with van der Waals surface area (Å²) in [4.78, 5) is 0. The lowest BCUT2D eigenvalue weighted by Gasteiger charge is -2.18. The first-order valence-corrected chi connectivity index (χ1v) is 6.49. The van der Waals surface area contributed by atoms with Gasteiger partial charge >= 0.3 is 0 Å². The average molecular weight is 274 g/mol. The smallest absolute Gasteiger partial charge is 0.123 e. The zero-order chi connectivity index (χ0) is 14.5. The van der Waals surface area contributed by atoms with Crippen LogP contribution in [0, 0.1) is 12.7 Å². The van der Waals surface area contributed by atoms with Gasteiger partial charge in [-0.25, -0.2) is 4.39 Å². The van der Waals surface area contributed by atoms with E-state index >= 15 is 0 Å². The molecule has 3 N–H and O–H groups in total. The fraction of sp³-hybridized carbons (Fsp3) is 0.250. The Balaban J connectivity index is 2.28. The number of hydrogen-bond donors (Lipinski definition) is 2. The van der Waals surface area contributed by atoms with E-state index in [-0.39, 0.29) is 11.9 Å². The van der Waals surface area contributed by atoms with Gasteiger partial charge < -0.3 is 4.74 Å². The molecule has 0 saturated carbocycles. The minimum absolute atomic E-state index is 0.165. The molecule has 0 aromatic heterocycles. The van der Waals surface area contributed by atoms with E-state index in [1.54, 1.807) is 13.2 Å². The highest BCUT2D eigenvalue weighted by molar-refractivity contribution is 5.38. The molecule has 2 aromatic rings. The SMILES string of the molecule is COc1ccc(C)cc1CC(NN)c1cccc(F)c1. The van der Waals surface area contributed by atoms with Gasteiger partial charge in [-0.2, -0.15) is 0 Å². The van der Waals surface area contributed by atoms with Gasteiger partial charge in [-0.1, -0.05) is 29.8 Å². The molecule has 0 heterocycles. The molecule has 106 valence electrons. The van der Waals surface area contributed by atoms with Gasteiger partial charge in [-0.15, -0.1) is 0 Å². The molecule has 0 aliphatic carbocycles. The van der Waals surface area contributed by atoms with Gasteiger partial charge in [-0.05, 0) is 42.7 Å². The predicted octanol–water partition coefficient (Wildman–Crippen LogP) is 2.89. The highest BCUT2D eigenvalue weighted by Gasteiger charge is 2.14. The Morgan fingerprint density at radius 3 is 2.70 bits per heavy atom. The lowest BCUT2D eigenvalue weighted by molar-refractivity contribution is 0.405. The highest BCUT2D eigenvalue weighted by atomic mass is 19.1. The first-order valence-electron chi connectivity index (χ1n) is 6.49. The van der Waals surface area contributed by atoms with E-state index in [4.69, 9.17) is 10.6 Å². The zero-order valence-corrected chi connectivity index (χ0v) is 11.7. The Morgan fingerprint density at radius 1 is 1.25 bits per heavy atom. The van der Waals surface area contributed by atoms with Gasteiger partial charge in [0.2, 0.25) is 0 Å². The molecule has 0 bridgehead atoms. The van der Waals surface area contributed by atoms with E-state index in [1.165, 1.54) is 12.1 Å². The van der Waals surface area contributed by atoms with Crippen LogP contribution in [-0.4, -0.2) is 7.11 Å². The quantitative estimate of drug-likeness (QED) is 0.651. The molecule has 0 aliphatic rings. The number of aryl methyl sites for hydroxylation is 1. The van der Waals surface area contributed by atoms with Crippen molar-refractivity contribution >= 4 is 0 Å². The molecule has 20 heavy (non-hydrogen) atoms. The maximum Gasteiger partial charge on any atom is 0.123 e. The third kappa shape index (κ3) is 3.35. The number of rotatable bonds is 5. The first-order chi connectivity index (χ1) is 9.63. The third-order valence-corrected chi connectivity index (χ3v) is 3.31. The maximum atomic E-state index is 13.3. The van der Waals surface area contributed by atoms with Gasteiger partial charge in [0.1, 0.15) is 11.6 Å². The molecule has 2 rings (SSSR count). The summed E-state index contributed by atoms with van der Waals surface area (Å²) in [6, 6.07) is 12.3. The van der Waals surface area contributed by atoms with Crippen molar-refractivity contribution in [3.05, 3.63) is 65.0 Å². The van der Waals surface area contributed by atoms with Crippen LogP contribution in [0.3, 0.4) is 0 Å². The van der Waals surface area contributed by atoms with E-state index in [0.29, 0.717) is 6.42 Å². The molecule has 0 saturated heterocycles. The van der Waals surface area contributed by atoms with Crippen molar-refractivity contribution in [2.75, 3.05) is 7.11 Å². The number of nitrogens with one attached hydrogen (secondary N) is 1. The first kappa shape index (κ1) is 14.5. The van der Waals surface area contributed by atoms with Crippen LogP contribution >= 0.6 is 0 Å². The normalized spacial score (nSPS) is 12.2. The van der Waals surface area contributed by atoms with Gasteiger partial charge in [0.25, 0.3) is 0 Å². The van der Waals surface area contributed by atoms with Gasteiger partial charge in [-0.3, -0.25) is 11.3 Å². The van der Waals surface area contributed by atoms with Crippen LogP contribution in [0.15, 0.2) is 42.5 Å². The molecule has 1 atom stereocenters. The Bertz CT molecular complexity index is 586. The van der Waals surface area contributed by atoms with E-state index < -0.39 is 0 Å². The third-order valence-electron chi connectivity index (χ3n) is 3.31. The predicted molar refractivity (Wildman–Crippen MR) is 77.9 cm³/mol. The number of halogens is 1. The van der Waals surface area contributed by atoms with Crippen molar-refractivity contribution < 1.29 is 9.13 Å². The monoisotopic (exact) mass is 274 g/mol. The summed E-state index contributed by atoms with van der Waals surface area (Å²) in [5.74, 6) is 6.17. The van der Waals surface area contributed by atoms with E-state index in [9.17, 15) is 4.39 Å². The van der Waals surface area contributed by atoms with Crippen molar-refractivity contribution in [2.45, 2.75) is 19.4 Å². The van der Waals surface area contributed by atoms with Crippen molar-refractivity contribution in [1.82, 2.24) is 5.43 Å². The van der Waals surface area contributed by atoms with Crippen molar-refractivity contribution in [3.63, 3.8) is 0 Å². The molecule has 0 spiro atoms. The second-order valence-corrected chi connectivity index (χ2v) is 4.79. The highest BCUT2D eigenvalue weighted by Crippen LogP contribution is 2.26. The van der Waals surface area contributed by atoms with Crippen molar-refractivity contribution in [1.29, 1.82) is 0 Å². The number of hydrazine groups is 1. The number of methoxy groups -OCH3 is 1. The van der Waals surface area contributed by atoms with Crippen LogP contribution in [0.25, 0.3) is 0 Å². The van der Waals surface area contributed by atoms with Crippen LogP contribution in [0.2, 0.25) is 0 Å². The standard InChI is InChI=1S/C16H19FN2O/c1-11-6-7-16(20-2)13(8-11)10-15(19-18)12-4-3-5-14(17)9-12/h3-9,15,19H,10,18H2,1-2H3. The summed E-state index contributed by atoms with van der Waals surface area (Å²) < 4.78 is 18.7. The second kappa shape index (κ2) is 6.50. The zero-order valence-electron chi connectivity index (χ0n) is 11.7. The Labute approximate surface area is 118 Å². The largest absolute Gasteiger partial charge is 0.496 e. The Kier molecular flexibility index (Phi) is 4.71. The van der Waals surface area contributed by atoms with Gasteiger partial charge in [0, 0.05) is 0 Å². The molecule has 2 aromatic carbocycles. The molecule has 1 unspecified atom stereocenters. The molecule has 0 radical (unpaired) electrons. The molecular formula is C16H19FN2O. The Hall–Kier alpha value is -1.91. The average Bonchev–Trinajstić information content (AvgIpc) is 2.45. The lowest BCUT2D eigenvalue weighted by Crippen LogP contribution is -2.29. The van der Waals surface area contributed by atoms with E-state index in [1.807, 2.05) is 25.1 Å². The fourth-order valence-corrected chi connectivity index (χ4v) is 2.28. The van der Waals surface area contributed by atoms with Crippen LogP contribution < -0.4 is 16.0 Å². The molecule has 0 fully saturated rings. The number of ether oxygens (including phenoxy) is 1. The van der Waals surface area contributed by atoms with Gasteiger partial charge in [0.15, 0.2) is 0 Å². The Morgan fingerprint density at radius 2 is 2.05 bits per heavy atom. The maximum absolute atomic E-state index is 13.3. The minimum atomic E-state index is -0.265. The molecule has 4 heteroatoms. The summed E-state index contributed by atoms with van der Waals surface area (Å²) in [6.07, 6.45) is 0.630. The minimum Gasteiger partial charge on any atom is -0.496 e. The molecule has 0 amide bonds. The molecule has 3 nitrogen and oxygen atoms in total. The summed E-state index contributed by atoms with van der Waals surface area (Å²) >= 11 is 0. The lowest BCUT2D eigenvalue weighted by atomic mass is 9.97. The van der Waals surface area contributed by atoms with E-state index in [0.717, 1.165) is 22.4 Å². The number of hydrogen-bond acceptors (Lipinski definition) is 3. The fourth-order valence-electron chi connectivity index (χ4n) is 2.28. The molecular weight excluding hydrogens is 255 g/mol. The van der Waals surface area contributed by atoms with Crippen LogP contribution in [0.4, 0.5) is 4.39 Å². The van der Waals surface area contributed by atoms with Crippen molar-refractivity contribution in [2.24, 2.45) is 5.84 Å². The number of nitrogens with two attached hydrogens (primary N) is 1. The number of benzene rings is 2. The van der Waals surface area contributed by atoms with Crippen LogP contribution in [0.1, 0.15) is 22.7 Å². The summed E-state index contributed by atoms with van der Waals surface area (Å²) in [7, 11) is 1.64. The van der Waals surface area contributed by atoms with Crippen molar-refractivity contribution in [3.8, 4) is 5.75 Å². The summed E-state index contributed by atoms with van der Waals surface area (Å²) in [6.45, 7) is 2.02. The topological polar surface area (TPSA) is 47.3 Å². The summed E-state index contributed by atoms with van der Waals surface area (Å²) in [5, 5.41) is 0. The van der Waals surface area contributed by atoms with Gasteiger partial charge in [0.05, 0.1) is 13.2 Å². The molecule has 0 aliphatic heterocycles. The van der Waals surface area contributed by atoms with E-state index in [2.05, 4.69) is 11.5 Å².